The van der Waals surface area contributed by atoms with Crippen LogP contribution in [0.2, 0.25) is 0 Å². The molecular formula is C17H28N2O. The van der Waals surface area contributed by atoms with Crippen LogP contribution in [0, 0.1) is 5.92 Å². The normalized spacial score (nSPS) is 13.7. The van der Waals surface area contributed by atoms with E-state index >= 15 is 0 Å². The third kappa shape index (κ3) is 4.26. The first-order chi connectivity index (χ1) is 9.53. The van der Waals surface area contributed by atoms with Crippen molar-refractivity contribution < 1.29 is 4.79 Å². The van der Waals surface area contributed by atoms with Crippen LogP contribution in [0.15, 0.2) is 24.3 Å². The molecule has 0 bridgehead atoms. The maximum Gasteiger partial charge on any atom is 0.253 e. The summed E-state index contributed by atoms with van der Waals surface area (Å²) in [6, 6.07) is 8.22. The van der Waals surface area contributed by atoms with E-state index in [4.69, 9.17) is 0 Å². The predicted molar refractivity (Wildman–Crippen MR) is 86.2 cm³/mol. The van der Waals surface area contributed by atoms with Crippen molar-refractivity contribution in [1.29, 1.82) is 0 Å². The molecule has 1 aromatic rings. The second-order valence-corrected chi connectivity index (χ2v) is 5.38. The zero-order chi connectivity index (χ0) is 15.1. The van der Waals surface area contributed by atoms with E-state index in [1.54, 1.807) is 0 Å². The lowest BCUT2D eigenvalue weighted by molar-refractivity contribution is 0.0773. The topological polar surface area (TPSA) is 32.3 Å². The molecule has 112 valence electrons. The molecule has 0 aliphatic rings. The molecule has 0 radical (unpaired) electrons. The number of carbonyl (C=O) groups is 1. The lowest BCUT2D eigenvalue weighted by Crippen LogP contribution is -2.30. The Bertz CT molecular complexity index is 427. The molecule has 2 atom stereocenters. The van der Waals surface area contributed by atoms with Gasteiger partial charge in [-0.25, -0.2) is 0 Å². The van der Waals surface area contributed by atoms with Gasteiger partial charge in [0.1, 0.15) is 0 Å². The Kier molecular flexibility index (Phi) is 6.56. The van der Waals surface area contributed by atoms with Gasteiger partial charge in [-0.3, -0.25) is 4.79 Å². The molecule has 1 amide bonds. The number of anilines is 1. The van der Waals surface area contributed by atoms with Crippen LogP contribution in [-0.2, 0) is 0 Å². The number of benzene rings is 1. The average Bonchev–Trinajstić information content (AvgIpc) is 2.47. The first-order valence-electron chi connectivity index (χ1n) is 7.69. The molecule has 1 aromatic carbocycles. The third-order valence-corrected chi connectivity index (χ3v) is 4.05. The minimum Gasteiger partial charge on any atom is -0.382 e. The summed E-state index contributed by atoms with van der Waals surface area (Å²) in [4.78, 5) is 14.2. The highest BCUT2D eigenvalue weighted by molar-refractivity contribution is 5.95. The van der Waals surface area contributed by atoms with Gasteiger partial charge >= 0.3 is 0 Å². The third-order valence-electron chi connectivity index (χ3n) is 4.05. The highest BCUT2D eigenvalue weighted by Gasteiger charge is 2.14. The number of nitrogens with zero attached hydrogens (tertiary/aromatic N) is 1. The molecule has 0 fully saturated rings. The van der Waals surface area contributed by atoms with Crippen LogP contribution in [-0.4, -0.2) is 29.9 Å². The van der Waals surface area contributed by atoms with Crippen LogP contribution >= 0.6 is 0 Å². The summed E-state index contributed by atoms with van der Waals surface area (Å²) in [5.74, 6) is 0.715. The standard InChI is InChI=1S/C17H28N2O/c1-6-13(4)14(5)18-16-11-9-10-15(12-16)17(20)19(7-2)8-3/h9-14,18H,6-8H2,1-5H3. The van der Waals surface area contributed by atoms with Crippen molar-refractivity contribution in [3.63, 3.8) is 0 Å². The molecule has 3 nitrogen and oxygen atoms in total. The first-order valence-corrected chi connectivity index (χ1v) is 7.69. The second-order valence-electron chi connectivity index (χ2n) is 5.38. The monoisotopic (exact) mass is 276 g/mol. The summed E-state index contributed by atoms with van der Waals surface area (Å²) >= 11 is 0. The van der Waals surface area contributed by atoms with Crippen molar-refractivity contribution in [3.8, 4) is 0 Å². The highest BCUT2D eigenvalue weighted by atomic mass is 16.2. The van der Waals surface area contributed by atoms with Crippen molar-refractivity contribution in [2.24, 2.45) is 5.92 Å². The summed E-state index contributed by atoms with van der Waals surface area (Å²) in [5.41, 5.74) is 1.78. The molecule has 3 heteroatoms. The number of rotatable bonds is 7. The number of hydrogen-bond donors (Lipinski definition) is 1. The van der Waals surface area contributed by atoms with Crippen molar-refractivity contribution >= 4 is 11.6 Å². The Balaban J connectivity index is 2.83. The summed E-state index contributed by atoms with van der Waals surface area (Å²) in [6.45, 7) is 12.1. The van der Waals surface area contributed by atoms with Crippen molar-refractivity contribution in [2.45, 2.75) is 47.1 Å². The molecule has 1 N–H and O–H groups in total. The van der Waals surface area contributed by atoms with Gasteiger partial charge in [0.15, 0.2) is 0 Å². The Hall–Kier alpha value is -1.51. The first kappa shape index (κ1) is 16.5. The summed E-state index contributed by atoms with van der Waals surface area (Å²) in [5, 5.41) is 3.49. The lowest BCUT2D eigenvalue weighted by atomic mass is 10.0. The molecule has 0 saturated carbocycles. The quantitative estimate of drug-likeness (QED) is 0.816. The van der Waals surface area contributed by atoms with Gasteiger partial charge in [0.25, 0.3) is 5.91 Å². The van der Waals surface area contributed by atoms with E-state index < -0.39 is 0 Å². The van der Waals surface area contributed by atoms with Gasteiger partial charge in [0.05, 0.1) is 0 Å². The number of amides is 1. The van der Waals surface area contributed by atoms with Crippen LogP contribution in [0.4, 0.5) is 5.69 Å². The lowest BCUT2D eigenvalue weighted by Gasteiger charge is -2.22. The van der Waals surface area contributed by atoms with Crippen LogP contribution in [0.5, 0.6) is 0 Å². The zero-order valence-corrected chi connectivity index (χ0v) is 13.4. The van der Waals surface area contributed by atoms with Gasteiger partial charge in [-0.05, 0) is 44.9 Å². The maximum absolute atomic E-state index is 12.3. The predicted octanol–water partition coefficient (Wildman–Crippen LogP) is 4.02. The molecular weight excluding hydrogens is 248 g/mol. The maximum atomic E-state index is 12.3. The van der Waals surface area contributed by atoms with E-state index in [0.29, 0.717) is 12.0 Å². The van der Waals surface area contributed by atoms with Gasteiger partial charge in [-0.1, -0.05) is 26.3 Å². The number of nitrogens with one attached hydrogen (secondary N) is 1. The Morgan fingerprint density at radius 2 is 1.85 bits per heavy atom. The smallest absolute Gasteiger partial charge is 0.253 e. The largest absolute Gasteiger partial charge is 0.382 e. The molecule has 1 rings (SSSR count). The molecule has 2 unspecified atom stereocenters. The van der Waals surface area contributed by atoms with Crippen molar-refractivity contribution in [1.82, 2.24) is 4.90 Å². The highest BCUT2D eigenvalue weighted by Crippen LogP contribution is 2.17. The molecule has 0 saturated heterocycles. The molecule has 0 spiro atoms. The van der Waals surface area contributed by atoms with Crippen molar-refractivity contribution in [2.75, 3.05) is 18.4 Å². The van der Waals surface area contributed by atoms with Crippen molar-refractivity contribution in [3.05, 3.63) is 29.8 Å². The fourth-order valence-electron chi connectivity index (χ4n) is 2.19. The molecule has 0 aromatic heterocycles. The van der Waals surface area contributed by atoms with Gasteiger partial charge < -0.3 is 10.2 Å². The van der Waals surface area contributed by atoms with Crippen LogP contribution < -0.4 is 5.32 Å². The molecule has 0 aliphatic carbocycles. The summed E-state index contributed by atoms with van der Waals surface area (Å²) in [7, 11) is 0. The Morgan fingerprint density at radius 3 is 2.40 bits per heavy atom. The van der Waals surface area contributed by atoms with Gasteiger partial charge in [-0.15, -0.1) is 0 Å². The van der Waals surface area contributed by atoms with E-state index in [1.165, 1.54) is 0 Å². The van der Waals surface area contributed by atoms with Crippen LogP contribution in [0.3, 0.4) is 0 Å². The number of carbonyl (C=O) groups excluding carboxylic acids is 1. The SMILES string of the molecule is CCC(C)C(C)Nc1cccc(C(=O)N(CC)CC)c1. The summed E-state index contributed by atoms with van der Waals surface area (Å²) in [6.07, 6.45) is 1.15. The van der Waals surface area contributed by atoms with Gasteiger partial charge in [-0.2, -0.15) is 0 Å². The van der Waals surface area contributed by atoms with Crippen LogP contribution in [0.1, 0.15) is 51.4 Å². The van der Waals surface area contributed by atoms with Gasteiger partial charge in [0.2, 0.25) is 0 Å². The van der Waals surface area contributed by atoms with Gasteiger partial charge in [0, 0.05) is 30.4 Å². The van der Waals surface area contributed by atoms with Crippen LogP contribution in [0.25, 0.3) is 0 Å². The molecule has 20 heavy (non-hydrogen) atoms. The summed E-state index contributed by atoms with van der Waals surface area (Å²) < 4.78 is 0. The zero-order valence-electron chi connectivity index (χ0n) is 13.4. The van der Waals surface area contributed by atoms with E-state index in [-0.39, 0.29) is 5.91 Å². The Morgan fingerprint density at radius 1 is 1.20 bits per heavy atom. The minimum atomic E-state index is 0.106. The van der Waals surface area contributed by atoms with E-state index in [2.05, 4.69) is 26.1 Å². The number of hydrogen-bond acceptors (Lipinski definition) is 2. The molecule has 0 aliphatic heterocycles. The molecule has 0 heterocycles. The fourth-order valence-corrected chi connectivity index (χ4v) is 2.19. The average molecular weight is 276 g/mol. The Labute approximate surface area is 123 Å². The fraction of sp³-hybridized carbons (Fsp3) is 0.588. The van der Waals surface area contributed by atoms with E-state index in [9.17, 15) is 4.79 Å². The van der Waals surface area contributed by atoms with E-state index in [1.807, 2.05) is 43.0 Å². The minimum absolute atomic E-state index is 0.106. The second kappa shape index (κ2) is 7.93. The van der Waals surface area contributed by atoms with E-state index in [0.717, 1.165) is 30.8 Å².